The van der Waals surface area contributed by atoms with Crippen molar-refractivity contribution in [2.75, 3.05) is 31.8 Å². The summed E-state index contributed by atoms with van der Waals surface area (Å²) in [6.07, 6.45) is 0. The van der Waals surface area contributed by atoms with Gasteiger partial charge < -0.3 is 4.74 Å². The average Bonchev–Trinajstić information content (AvgIpc) is 2.67. The van der Waals surface area contributed by atoms with E-state index in [1.165, 1.54) is 13.2 Å². The van der Waals surface area contributed by atoms with Crippen LogP contribution in [0.4, 0.5) is 0 Å². The molecule has 0 saturated carbocycles. The monoisotopic (exact) mass is 327 g/mol. The zero-order valence-corrected chi connectivity index (χ0v) is 13.2. The third kappa shape index (κ3) is 3.63. The van der Waals surface area contributed by atoms with Crippen molar-refractivity contribution in [3.8, 4) is 0 Å². The standard InChI is InChI=1S/C14H17NO6S/c1-10-3-4-11(9-12(10)14(17)20-2)13(16)15-5-7-22(18,19)8-6-21-15/h3-4,9H,5-8H2,1-2H3. The summed E-state index contributed by atoms with van der Waals surface area (Å²) in [6.45, 7) is 1.63. The Morgan fingerprint density at radius 1 is 1.27 bits per heavy atom. The van der Waals surface area contributed by atoms with Gasteiger partial charge in [-0.05, 0) is 24.6 Å². The van der Waals surface area contributed by atoms with Crippen LogP contribution < -0.4 is 0 Å². The number of amides is 1. The third-order valence-corrected chi connectivity index (χ3v) is 4.96. The molecule has 0 unspecified atom stereocenters. The van der Waals surface area contributed by atoms with E-state index in [1.54, 1.807) is 19.1 Å². The molecule has 120 valence electrons. The molecule has 1 aliphatic rings. The molecule has 7 nitrogen and oxygen atoms in total. The molecule has 0 aromatic heterocycles. The number of rotatable bonds is 2. The van der Waals surface area contributed by atoms with Crippen LogP contribution in [0.15, 0.2) is 18.2 Å². The van der Waals surface area contributed by atoms with Crippen LogP contribution in [0.1, 0.15) is 26.3 Å². The predicted octanol–water partition coefficient (Wildman–Crippen LogP) is 0.584. The van der Waals surface area contributed by atoms with Gasteiger partial charge in [0.15, 0.2) is 9.84 Å². The highest BCUT2D eigenvalue weighted by molar-refractivity contribution is 7.91. The molecular weight excluding hydrogens is 310 g/mol. The molecule has 0 N–H and O–H groups in total. The first-order valence-electron chi connectivity index (χ1n) is 6.68. The van der Waals surface area contributed by atoms with Gasteiger partial charge in [-0.2, -0.15) is 0 Å². The quantitative estimate of drug-likeness (QED) is 0.738. The Morgan fingerprint density at radius 3 is 2.68 bits per heavy atom. The minimum Gasteiger partial charge on any atom is -0.465 e. The summed E-state index contributed by atoms with van der Waals surface area (Å²) in [7, 11) is -1.93. The molecule has 0 bridgehead atoms. The van der Waals surface area contributed by atoms with E-state index < -0.39 is 21.7 Å². The fourth-order valence-electron chi connectivity index (χ4n) is 2.05. The van der Waals surface area contributed by atoms with Gasteiger partial charge in [-0.15, -0.1) is 0 Å². The van der Waals surface area contributed by atoms with Gasteiger partial charge >= 0.3 is 5.97 Å². The van der Waals surface area contributed by atoms with Crippen LogP contribution in [0.25, 0.3) is 0 Å². The molecule has 0 aliphatic carbocycles. The number of hydrogen-bond donors (Lipinski definition) is 0. The molecule has 1 amide bonds. The van der Waals surface area contributed by atoms with Crippen molar-refractivity contribution in [1.82, 2.24) is 5.06 Å². The SMILES string of the molecule is COC(=O)c1cc(C(=O)N2CCS(=O)(=O)CCO2)ccc1C. The average molecular weight is 327 g/mol. The van der Waals surface area contributed by atoms with E-state index in [0.717, 1.165) is 5.06 Å². The smallest absolute Gasteiger partial charge is 0.338 e. The van der Waals surface area contributed by atoms with Crippen molar-refractivity contribution in [2.45, 2.75) is 6.92 Å². The van der Waals surface area contributed by atoms with Crippen LogP contribution >= 0.6 is 0 Å². The second kappa shape index (κ2) is 6.45. The van der Waals surface area contributed by atoms with Gasteiger partial charge in [-0.3, -0.25) is 9.63 Å². The van der Waals surface area contributed by atoms with Crippen molar-refractivity contribution in [1.29, 1.82) is 0 Å². The maximum absolute atomic E-state index is 12.4. The topological polar surface area (TPSA) is 90.0 Å². The molecule has 1 fully saturated rings. The first-order chi connectivity index (χ1) is 10.3. The predicted molar refractivity (Wildman–Crippen MR) is 78.2 cm³/mol. The normalized spacial score (nSPS) is 17.6. The molecule has 8 heteroatoms. The van der Waals surface area contributed by atoms with Gasteiger partial charge in [0.25, 0.3) is 5.91 Å². The summed E-state index contributed by atoms with van der Waals surface area (Å²) in [5.41, 5.74) is 1.21. The van der Waals surface area contributed by atoms with Crippen LogP contribution in [-0.2, 0) is 19.4 Å². The minimum atomic E-state index is -3.19. The van der Waals surface area contributed by atoms with Crippen LogP contribution in [-0.4, -0.2) is 57.1 Å². The van der Waals surface area contributed by atoms with E-state index in [4.69, 9.17) is 4.84 Å². The summed E-state index contributed by atoms with van der Waals surface area (Å²) in [6, 6.07) is 4.62. The van der Waals surface area contributed by atoms with Gasteiger partial charge in [-0.1, -0.05) is 6.07 Å². The Hall–Kier alpha value is -1.93. The Labute approximate surface area is 128 Å². The molecule has 0 atom stereocenters. The van der Waals surface area contributed by atoms with Gasteiger partial charge in [0, 0.05) is 5.56 Å². The highest BCUT2D eigenvalue weighted by Crippen LogP contribution is 2.15. The van der Waals surface area contributed by atoms with Crippen molar-refractivity contribution >= 4 is 21.7 Å². The van der Waals surface area contributed by atoms with Crippen molar-refractivity contribution in [3.63, 3.8) is 0 Å². The van der Waals surface area contributed by atoms with Crippen LogP contribution in [0.2, 0.25) is 0 Å². The summed E-state index contributed by atoms with van der Waals surface area (Å²) in [5.74, 6) is -1.28. The summed E-state index contributed by atoms with van der Waals surface area (Å²) in [5, 5.41) is 1.02. The lowest BCUT2D eigenvalue weighted by Crippen LogP contribution is -2.33. The van der Waals surface area contributed by atoms with Crippen molar-refractivity contribution < 1.29 is 27.6 Å². The molecule has 22 heavy (non-hydrogen) atoms. The molecule has 0 radical (unpaired) electrons. The zero-order chi connectivity index (χ0) is 16.3. The number of hydroxylamine groups is 2. The Balaban J connectivity index is 2.24. The van der Waals surface area contributed by atoms with Crippen molar-refractivity contribution in [3.05, 3.63) is 34.9 Å². The Bertz CT molecular complexity index is 697. The fraction of sp³-hybridized carbons (Fsp3) is 0.429. The van der Waals surface area contributed by atoms with Gasteiger partial charge in [0.2, 0.25) is 0 Å². The van der Waals surface area contributed by atoms with Crippen LogP contribution in [0.3, 0.4) is 0 Å². The van der Waals surface area contributed by atoms with E-state index in [9.17, 15) is 18.0 Å². The number of carbonyl (C=O) groups excluding carboxylic acids is 2. The summed E-state index contributed by atoms with van der Waals surface area (Å²) in [4.78, 5) is 29.3. The van der Waals surface area contributed by atoms with E-state index in [1.807, 2.05) is 0 Å². The lowest BCUT2D eigenvalue weighted by molar-refractivity contribution is -0.111. The molecule has 1 saturated heterocycles. The number of sulfone groups is 1. The first kappa shape index (κ1) is 16.4. The van der Waals surface area contributed by atoms with Gasteiger partial charge in [0.1, 0.15) is 0 Å². The van der Waals surface area contributed by atoms with E-state index in [-0.39, 0.29) is 35.8 Å². The zero-order valence-electron chi connectivity index (χ0n) is 12.4. The molecule has 1 aliphatic heterocycles. The molecule has 1 heterocycles. The van der Waals surface area contributed by atoms with Gasteiger partial charge in [-0.25, -0.2) is 18.3 Å². The number of nitrogens with zero attached hydrogens (tertiary/aromatic N) is 1. The molecular formula is C14H17NO6S. The maximum atomic E-state index is 12.4. The molecule has 2 rings (SSSR count). The number of hydrogen-bond acceptors (Lipinski definition) is 6. The Morgan fingerprint density at radius 2 is 2.00 bits per heavy atom. The first-order valence-corrected chi connectivity index (χ1v) is 8.50. The number of esters is 1. The largest absolute Gasteiger partial charge is 0.465 e. The number of methoxy groups -OCH3 is 1. The third-order valence-electron chi connectivity index (χ3n) is 3.36. The van der Waals surface area contributed by atoms with Crippen LogP contribution in [0, 0.1) is 6.92 Å². The second-order valence-electron chi connectivity index (χ2n) is 4.91. The minimum absolute atomic E-state index is 0.0391. The number of aryl methyl sites for hydroxylation is 1. The highest BCUT2D eigenvalue weighted by atomic mass is 32.2. The van der Waals surface area contributed by atoms with Crippen molar-refractivity contribution in [2.24, 2.45) is 0 Å². The van der Waals surface area contributed by atoms with Gasteiger partial charge in [0.05, 0.1) is 37.3 Å². The fourth-order valence-corrected chi connectivity index (χ4v) is 3.03. The molecule has 0 spiro atoms. The van der Waals surface area contributed by atoms with Crippen LogP contribution in [0.5, 0.6) is 0 Å². The van der Waals surface area contributed by atoms with E-state index in [0.29, 0.717) is 5.56 Å². The number of carbonyl (C=O) groups is 2. The van der Waals surface area contributed by atoms with E-state index >= 15 is 0 Å². The van der Waals surface area contributed by atoms with E-state index in [2.05, 4.69) is 4.74 Å². The summed E-state index contributed by atoms with van der Waals surface area (Å²) < 4.78 is 27.7. The molecule has 1 aromatic rings. The lowest BCUT2D eigenvalue weighted by atomic mass is 10.0. The number of ether oxygens (including phenoxy) is 1. The maximum Gasteiger partial charge on any atom is 0.338 e. The second-order valence-corrected chi connectivity index (χ2v) is 7.22. The molecule has 1 aromatic carbocycles. The summed E-state index contributed by atoms with van der Waals surface area (Å²) >= 11 is 0. The lowest BCUT2D eigenvalue weighted by Gasteiger charge is -2.19. The Kier molecular flexibility index (Phi) is 4.82. The highest BCUT2D eigenvalue weighted by Gasteiger charge is 2.25. The number of benzene rings is 1.